The van der Waals surface area contributed by atoms with Gasteiger partial charge in [-0.05, 0) is 31.0 Å². The molecule has 0 amide bonds. The maximum absolute atomic E-state index is 12.9. The number of benzene rings is 1. The van der Waals surface area contributed by atoms with Crippen molar-refractivity contribution in [3.8, 4) is 0 Å². The first kappa shape index (κ1) is 18.5. The van der Waals surface area contributed by atoms with Gasteiger partial charge in [0.1, 0.15) is 0 Å². The second-order valence-corrected chi connectivity index (χ2v) is 7.96. The van der Waals surface area contributed by atoms with E-state index in [-0.39, 0.29) is 18.2 Å². The van der Waals surface area contributed by atoms with Crippen LogP contribution in [0.15, 0.2) is 23.1 Å². The summed E-state index contributed by atoms with van der Waals surface area (Å²) in [4.78, 5) is -0.978. The van der Waals surface area contributed by atoms with Crippen LogP contribution in [0.4, 0.5) is 26.3 Å². The number of nitrogens with one attached hydrogen (secondary N) is 1. The zero-order chi connectivity index (χ0) is 18.6. The molecule has 0 aliphatic carbocycles. The first-order chi connectivity index (χ1) is 11.4. The van der Waals surface area contributed by atoms with E-state index in [1.54, 1.807) is 0 Å². The molecule has 4 nitrogen and oxygen atoms in total. The zero-order valence-corrected chi connectivity index (χ0v) is 13.5. The normalized spacial score (nSPS) is 25.4. The Balaban J connectivity index is 2.12. The van der Waals surface area contributed by atoms with E-state index in [0.29, 0.717) is 25.9 Å². The molecule has 1 aromatic rings. The molecule has 0 saturated carbocycles. The van der Waals surface area contributed by atoms with Crippen molar-refractivity contribution >= 4 is 10.0 Å². The molecule has 2 bridgehead atoms. The highest BCUT2D eigenvalue weighted by molar-refractivity contribution is 7.89. The zero-order valence-electron chi connectivity index (χ0n) is 12.7. The second kappa shape index (κ2) is 5.85. The SMILES string of the molecule is O=S(=O)(c1cc(C(F)(F)F)cc(C(F)(F)F)c1)N1C2CCC1CNC2. The molecule has 0 radical (unpaired) electrons. The lowest BCUT2D eigenvalue weighted by molar-refractivity contribution is -0.143. The van der Waals surface area contributed by atoms with Gasteiger partial charge in [0.2, 0.25) is 10.0 Å². The molecule has 2 saturated heterocycles. The fourth-order valence-corrected chi connectivity index (χ4v) is 5.27. The summed E-state index contributed by atoms with van der Waals surface area (Å²) >= 11 is 0. The van der Waals surface area contributed by atoms with E-state index < -0.39 is 50.5 Å². The van der Waals surface area contributed by atoms with Gasteiger partial charge in [0.15, 0.2) is 0 Å². The van der Waals surface area contributed by atoms with Gasteiger partial charge in [0.25, 0.3) is 0 Å². The van der Waals surface area contributed by atoms with Gasteiger partial charge in [-0.2, -0.15) is 30.6 Å². The average Bonchev–Trinajstić information content (AvgIpc) is 2.76. The fourth-order valence-electron chi connectivity index (χ4n) is 3.33. The Hall–Kier alpha value is -1.33. The van der Waals surface area contributed by atoms with Gasteiger partial charge in [0, 0.05) is 25.2 Å². The lowest BCUT2D eigenvalue weighted by Gasteiger charge is -2.34. The van der Waals surface area contributed by atoms with Crippen LogP contribution in [0.1, 0.15) is 24.0 Å². The molecule has 2 fully saturated rings. The predicted molar refractivity (Wildman–Crippen MR) is 75.2 cm³/mol. The Morgan fingerprint density at radius 1 is 0.880 bits per heavy atom. The number of hydrogen-bond acceptors (Lipinski definition) is 3. The maximum atomic E-state index is 12.9. The number of fused-ring (bicyclic) bond motifs is 2. The number of hydrogen-bond donors (Lipinski definition) is 1. The van der Waals surface area contributed by atoms with Crippen LogP contribution in [0.3, 0.4) is 0 Å². The minimum absolute atomic E-state index is 0.0780. The largest absolute Gasteiger partial charge is 0.416 e. The number of sulfonamides is 1. The van der Waals surface area contributed by atoms with Crippen LogP contribution >= 0.6 is 0 Å². The Morgan fingerprint density at radius 3 is 1.72 bits per heavy atom. The molecule has 25 heavy (non-hydrogen) atoms. The van der Waals surface area contributed by atoms with Crippen molar-refractivity contribution in [2.75, 3.05) is 13.1 Å². The highest BCUT2D eigenvalue weighted by Crippen LogP contribution is 2.39. The van der Waals surface area contributed by atoms with Crippen LogP contribution < -0.4 is 5.32 Å². The van der Waals surface area contributed by atoms with E-state index in [1.165, 1.54) is 0 Å². The molecule has 3 rings (SSSR count). The minimum Gasteiger partial charge on any atom is -0.314 e. The summed E-state index contributed by atoms with van der Waals surface area (Å²) in [6, 6.07) is -0.469. The number of rotatable bonds is 2. The average molecular weight is 388 g/mol. The molecule has 2 aliphatic rings. The van der Waals surface area contributed by atoms with Gasteiger partial charge in [-0.1, -0.05) is 0 Å². The van der Waals surface area contributed by atoms with Crippen LogP contribution in [0.25, 0.3) is 0 Å². The summed E-state index contributed by atoms with van der Waals surface area (Å²) in [5, 5.41) is 3.01. The van der Waals surface area contributed by atoms with Crippen molar-refractivity contribution in [1.82, 2.24) is 9.62 Å². The summed E-state index contributed by atoms with van der Waals surface area (Å²) in [6.45, 7) is 0.641. The van der Waals surface area contributed by atoms with Gasteiger partial charge in [-0.3, -0.25) is 0 Å². The van der Waals surface area contributed by atoms with Gasteiger partial charge in [-0.15, -0.1) is 0 Å². The molecule has 1 N–H and O–H groups in total. The number of piperazine rings is 1. The first-order valence-electron chi connectivity index (χ1n) is 7.44. The van der Waals surface area contributed by atoms with Crippen molar-refractivity contribution < 1.29 is 34.8 Å². The summed E-state index contributed by atoms with van der Waals surface area (Å²) in [5.74, 6) is 0. The fraction of sp³-hybridized carbons (Fsp3) is 0.571. The van der Waals surface area contributed by atoms with Crippen LogP contribution in [0, 0.1) is 0 Å². The van der Waals surface area contributed by atoms with Gasteiger partial charge in [-0.25, -0.2) is 8.42 Å². The highest BCUT2D eigenvalue weighted by atomic mass is 32.2. The predicted octanol–water partition coefficient (Wildman–Crippen LogP) is 2.85. The quantitative estimate of drug-likeness (QED) is 0.793. The lowest BCUT2D eigenvalue weighted by Crippen LogP contribution is -2.54. The Labute approximate surface area is 139 Å². The number of alkyl halides is 6. The second-order valence-electron chi connectivity index (χ2n) is 6.12. The van der Waals surface area contributed by atoms with Gasteiger partial charge >= 0.3 is 12.4 Å². The molecule has 2 aliphatic heterocycles. The third kappa shape index (κ3) is 3.36. The van der Waals surface area contributed by atoms with Crippen molar-refractivity contribution in [2.24, 2.45) is 0 Å². The van der Waals surface area contributed by atoms with Crippen LogP contribution in [-0.4, -0.2) is 37.9 Å². The summed E-state index contributed by atoms with van der Waals surface area (Å²) in [6.07, 6.45) is -9.15. The summed E-state index contributed by atoms with van der Waals surface area (Å²) < 4.78 is 104. The molecule has 140 valence electrons. The molecular formula is C14H14F6N2O2S. The van der Waals surface area contributed by atoms with Gasteiger partial charge < -0.3 is 5.32 Å². The first-order valence-corrected chi connectivity index (χ1v) is 8.88. The van der Waals surface area contributed by atoms with Crippen LogP contribution in [0.2, 0.25) is 0 Å². The van der Waals surface area contributed by atoms with E-state index in [1.807, 2.05) is 0 Å². The Morgan fingerprint density at radius 2 is 1.32 bits per heavy atom. The number of nitrogens with zero attached hydrogens (tertiary/aromatic N) is 1. The van der Waals surface area contributed by atoms with Gasteiger partial charge in [0.05, 0.1) is 16.0 Å². The molecule has 11 heteroatoms. The third-order valence-electron chi connectivity index (χ3n) is 4.45. The van der Waals surface area contributed by atoms with E-state index in [0.717, 1.165) is 4.31 Å². The molecule has 2 unspecified atom stereocenters. The minimum atomic E-state index is -5.09. The van der Waals surface area contributed by atoms with E-state index >= 15 is 0 Å². The van der Waals surface area contributed by atoms with Crippen LogP contribution in [0.5, 0.6) is 0 Å². The van der Waals surface area contributed by atoms with Crippen molar-refractivity contribution in [3.63, 3.8) is 0 Å². The Kier molecular flexibility index (Phi) is 4.32. The van der Waals surface area contributed by atoms with E-state index in [9.17, 15) is 34.8 Å². The Bertz CT molecular complexity index is 726. The maximum Gasteiger partial charge on any atom is 0.416 e. The molecular weight excluding hydrogens is 374 g/mol. The topological polar surface area (TPSA) is 49.4 Å². The molecule has 0 aromatic heterocycles. The number of halogens is 6. The monoisotopic (exact) mass is 388 g/mol. The standard InChI is InChI=1S/C14H14F6N2O2S/c15-13(16,17)8-3-9(14(18,19)20)5-12(4-8)25(23,24)22-10-1-2-11(22)7-21-6-10/h3-5,10-11,21H,1-2,6-7H2. The van der Waals surface area contributed by atoms with E-state index in [4.69, 9.17) is 0 Å². The molecule has 0 spiro atoms. The van der Waals surface area contributed by atoms with Crippen LogP contribution in [-0.2, 0) is 22.4 Å². The van der Waals surface area contributed by atoms with Crippen molar-refractivity contribution in [3.05, 3.63) is 29.3 Å². The molecule has 2 atom stereocenters. The summed E-state index contributed by atoms with van der Waals surface area (Å²) in [7, 11) is -4.47. The molecule has 1 aromatic carbocycles. The summed E-state index contributed by atoms with van der Waals surface area (Å²) in [5.41, 5.74) is -3.27. The third-order valence-corrected chi connectivity index (χ3v) is 6.43. The highest BCUT2D eigenvalue weighted by Gasteiger charge is 2.46. The molecule has 2 heterocycles. The van der Waals surface area contributed by atoms with E-state index in [2.05, 4.69) is 5.32 Å². The smallest absolute Gasteiger partial charge is 0.314 e. The van der Waals surface area contributed by atoms with Crippen molar-refractivity contribution in [2.45, 2.75) is 42.2 Å². The van der Waals surface area contributed by atoms with Crippen molar-refractivity contribution in [1.29, 1.82) is 0 Å². The lowest BCUT2D eigenvalue weighted by atomic mass is 10.1.